The highest BCUT2D eigenvalue weighted by Gasteiger charge is 2.60. The second kappa shape index (κ2) is 4.16. The van der Waals surface area contributed by atoms with E-state index < -0.39 is 29.4 Å². The van der Waals surface area contributed by atoms with Crippen LogP contribution < -0.4 is 0 Å². The lowest BCUT2D eigenvalue weighted by atomic mass is 9.87. The average Bonchev–Trinajstić information content (AvgIpc) is 2.20. The van der Waals surface area contributed by atoms with E-state index in [1.165, 1.54) is 11.8 Å². The van der Waals surface area contributed by atoms with Gasteiger partial charge in [0.1, 0.15) is 5.60 Å². The number of rotatable bonds is 1. The Morgan fingerprint density at radius 2 is 1.94 bits per heavy atom. The summed E-state index contributed by atoms with van der Waals surface area (Å²) in [4.78, 5) is 24.0. The topological polar surface area (TPSA) is 55.8 Å². The molecule has 1 fully saturated rings. The second-order valence-corrected chi connectivity index (χ2v) is 5.14. The molecule has 1 saturated heterocycles. The van der Waals surface area contributed by atoms with Crippen molar-refractivity contribution in [3.8, 4) is 0 Å². The molecule has 0 radical (unpaired) electrons. The third kappa shape index (κ3) is 2.50. The van der Waals surface area contributed by atoms with Gasteiger partial charge in [0, 0.05) is 0 Å². The van der Waals surface area contributed by atoms with Gasteiger partial charge in [-0.25, -0.2) is 14.0 Å². The smallest absolute Gasteiger partial charge is 0.410 e. The molecule has 1 amide bonds. The number of esters is 1. The maximum Gasteiger partial charge on any atom is 0.410 e. The van der Waals surface area contributed by atoms with Crippen LogP contribution in [0.4, 0.5) is 9.18 Å². The van der Waals surface area contributed by atoms with Gasteiger partial charge in [-0.2, -0.15) is 0 Å². The molecule has 0 bridgehead atoms. The first-order chi connectivity index (χ1) is 7.62. The molecule has 0 spiro atoms. The minimum Gasteiger partial charge on any atom is -0.467 e. The van der Waals surface area contributed by atoms with E-state index in [-0.39, 0.29) is 6.54 Å². The van der Waals surface area contributed by atoms with Crippen LogP contribution in [0.25, 0.3) is 0 Å². The molecule has 1 heterocycles. The lowest BCUT2D eigenvalue weighted by Crippen LogP contribution is -2.71. The fraction of sp³-hybridized carbons (Fsp3) is 0.818. The Morgan fingerprint density at radius 1 is 1.41 bits per heavy atom. The lowest BCUT2D eigenvalue weighted by Gasteiger charge is -2.48. The van der Waals surface area contributed by atoms with E-state index in [2.05, 4.69) is 4.74 Å². The van der Waals surface area contributed by atoms with Crippen molar-refractivity contribution in [1.82, 2.24) is 4.90 Å². The number of alkyl halides is 1. The molecule has 1 aliphatic rings. The number of nitrogens with zero attached hydrogens (tertiary/aromatic N) is 1. The summed E-state index contributed by atoms with van der Waals surface area (Å²) >= 11 is 0. The Labute approximate surface area is 99.9 Å². The van der Waals surface area contributed by atoms with Gasteiger partial charge in [-0.15, -0.1) is 0 Å². The van der Waals surface area contributed by atoms with E-state index in [1.54, 1.807) is 20.8 Å². The zero-order valence-electron chi connectivity index (χ0n) is 10.7. The first-order valence-corrected chi connectivity index (χ1v) is 5.39. The van der Waals surface area contributed by atoms with Gasteiger partial charge < -0.3 is 9.47 Å². The number of carbonyl (C=O) groups is 2. The first-order valence-electron chi connectivity index (χ1n) is 5.39. The number of likely N-dealkylation sites (tertiary alicyclic amines) is 1. The molecule has 0 aromatic carbocycles. The zero-order valence-corrected chi connectivity index (χ0v) is 10.7. The summed E-state index contributed by atoms with van der Waals surface area (Å²) in [5.74, 6) is -0.954. The third-order valence-corrected chi connectivity index (χ3v) is 2.68. The molecule has 1 aliphatic heterocycles. The maximum atomic E-state index is 14.0. The minimum absolute atomic E-state index is 0.324. The Bertz CT molecular complexity index is 339. The average molecular weight is 247 g/mol. The minimum atomic E-state index is -2.12. The molecule has 1 rings (SSSR count). The number of carbonyl (C=O) groups excluding carboxylic acids is 2. The summed E-state index contributed by atoms with van der Waals surface area (Å²) < 4.78 is 23.5. The van der Waals surface area contributed by atoms with Gasteiger partial charge in [-0.05, 0) is 27.7 Å². The third-order valence-electron chi connectivity index (χ3n) is 2.68. The van der Waals surface area contributed by atoms with E-state index in [9.17, 15) is 14.0 Å². The molecular weight excluding hydrogens is 229 g/mol. The van der Waals surface area contributed by atoms with Crippen LogP contribution >= 0.6 is 0 Å². The summed E-state index contributed by atoms with van der Waals surface area (Å²) in [7, 11) is 1.12. The van der Waals surface area contributed by atoms with Crippen LogP contribution in [-0.2, 0) is 14.3 Å². The van der Waals surface area contributed by atoms with Crippen molar-refractivity contribution >= 4 is 12.1 Å². The predicted molar refractivity (Wildman–Crippen MR) is 58.3 cm³/mol. The first kappa shape index (κ1) is 13.7. The zero-order chi connectivity index (χ0) is 13.4. The van der Waals surface area contributed by atoms with Gasteiger partial charge in [0.05, 0.1) is 19.7 Å². The van der Waals surface area contributed by atoms with Crippen LogP contribution in [0.15, 0.2) is 0 Å². The summed E-state index contributed by atoms with van der Waals surface area (Å²) in [6, 6.07) is -0.871. The quantitative estimate of drug-likeness (QED) is 0.659. The van der Waals surface area contributed by atoms with Crippen LogP contribution in [0.1, 0.15) is 27.7 Å². The van der Waals surface area contributed by atoms with Gasteiger partial charge in [0.2, 0.25) is 5.67 Å². The Hall–Kier alpha value is -1.33. The SMILES string of the molecule is COC(=O)C1(F)CN(C(=O)OC(C)(C)C)C1C. The Balaban J connectivity index is 2.64. The highest BCUT2D eigenvalue weighted by molar-refractivity contribution is 5.85. The number of hydrogen-bond acceptors (Lipinski definition) is 4. The van der Waals surface area contributed by atoms with Crippen LogP contribution in [0.3, 0.4) is 0 Å². The summed E-state index contributed by atoms with van der Waals surface area (Å²) in [6.07, 6.45) is -0.623. The molecule has 98 valence electrons. The highest BCUT2D eigenvalue weighted by Crippen LogP contribution is 2.35. The number of ether oxygens (including phenoxy) is 2. The van der Waals surface area contributed by atoms with Crippen molar-refractivity contribution in [3.05, 3.63) is 0 Å². The molecule has 0 N–H and O–H groups in total. The molecule has 0 saturated carbocycles. The van der Waals surface area contributed by atoms with Gasteiger partial charge in [0.25, 0.3) is 0 Å². The van der Waals surface area contributed by atoms with Gasteiger partial charge in [-0.1, -0.05) is 0 Å². The van der Waals surface area contributed by atoms with Crippen molar-refractivity contribution in [1.29, 1.82) is 0 Å². The van der Waals surface area contributed by atoms with Gasteiger partial charge in [0.15, 0.2) is 0 Å². The molecule has 6 heteroatoms. The molecule has 0 aromatic heterocycles. The van der Waals surface area contributed by atoms with Crippen molar-refractivity contribution in [3.63, 3.8) is 0 Å². The van der Waals surface area contributed by atoms with E-state index in [0.717, 1.165) is 7.11 Å². The molecule has 2 unspecified atom stereocenters. The number of amides is 1. The standard InChI is InChI=1S/C11H18FNO4/c1-7-11(12,8(14)16-5)6-13(7)9(15)17-10(2,3)4/h7H,6H2,1-5H3. The molecule has 0 aromatic rings. The van der Waals surface area contributed by atoms with Gasteiger partial charge >= 0.3 is 12.1 Å². The molecular formula is C11H18FNO4. The normalized spacial score (nSPS) is 28.4. The monoisotopic (exact) mass is 247 g/mol. The molecule has 2 atom stereocenters. The largest absolute Gasteiger partial charge is 0.467 e. The Kier molecular flexibility index (Phi) is 3.36. The van der Waals surface area contributed by atoms with Crippen LogP contribution in [-0.4, -0.2) is 47.9 Å². The van der Waals surface area contributed by atoms with Crippen molar-refractivity contribution in [2.24, 2.45) is 0 Å². The van der Waals surface area contributed by atoms with Gasteiger partial charge in [-0.3, -0.25) is 4.90 Å². The molecule has 0 aliphatic carbocycles. The highest BCUT2D eigenvalue weighted by atomic mass is 19.1. The number of hydrogen-bond donors (Lipinski definition) is 0. The summed E-state index contributed by atoms with van der Waals surface area (Å²) in [6.45, 7) is 6.29. The van der Waals surface area contributed by atoms with Crippen molar-refractivity contribution < 1.29 is 23.5 Å². The lowest BCUT2D eigenvalue weighted by molar-refractivity contribution is -0.174. The number of methoxy groups -OCH3 is 1. The van der Waals surface area contributed by atoms with Crippen LogP contribution in [0, 0.1) is 0 Å². The summed E-state index contributed by atoms with van der Waals surface area (Å²) in [5.41, 5.74) is -2.76. The fourth-order valence-electron chi connectivity index (χ4n) is 1.60. The second-order valence-electron chi connectivity index (χ2n) is 5.14. The fourth-order valence-corrected chi connectivity index (χ4v) is 1.60. The molecule has 5 nitrogen and oxygen atoms in total. The van der Waals surface area contributed by atoms with E-state index in [0.29, 0.717) is 0 Å². The van der Waals surface area contributed by atoms with E-state index >= 15 is 0 Å². The van der Waals surface area contributed by atoms with Crippen LogP contribution in [0.2, 0.25) is 0 Å². The Morgan fingerprint density at radius 3 is 2.29 bits per heavy atom. The van der Waals surface area contributed by atoms with Crippen molar-refractivity contribution in [2.75, 3.05) is 13.7 Å². The maximum absolute atomic E-state index is 14.0. The molecule has 17 heavy (non-hydrogen) atoms. The van der Waals surface area contributed by atoms with E-state index in [1.807, 2.05) is 0 Å². The number of halogens is 1. The van der Waals surface area contributed by atoms with Crippen molar-refractivity contribution in [2.45, 2.75) is 45.0 Å². The van der Waals surface area contributed by atoms with E-state index in [4.69, 9.17) is 4.74 Å². The predicted octanol–water partition coefficient (Wildman–Crippen LogP) is 1.51. The summed E-state index contributed by atoms with van der Waals surface area (Å²) in [5, 5.41) is 0. The van der Waals surface area contributed by atoms with Crippen LogP contribution in [0.5, 0.6) is 0 Å².